The molecule has 0 aliphatic carbocycles. The first-order valence-electron chi connectivity index (χ1n) is 10.6. The van der Waals surface area contributed by atoms with E-state index < -0.39 is 23.3 Å². The van der Waals surface area contributed by atoms with E-state index in [-0.39, 0.29) is 17.2 Å². The fraction of sp³-hybridized carbons (Fsp3) is 0.500. The number of benzene rings is 1. The highest BCUT2D eigenvalue weighted by atomic mass is 16.2. The van der Waals surface area contributed by atoms with Crippen LogP contribution in [0.2, 0.25) is 0 Å². The summed E-state index contributed by atoms with van der Waals surface area (Å²) in [7, 11) is 0. The van der Waals surface area contributed by atoms with Crippen molar-refractivity contribution >= 4 is 28.5 Å². The lowest BCUT2D eigenvalue weighted by Crippen LogP contribution is -2.53. The summed E-state index contributed by atoms with van der Waals surface area (Å²) in [5, 5.41) is 5.02. The van der Waals surface area contributed by atoms with Crippen LogP contribution < -0.4 is 16.4 Å². The molecule has 2 heterocycles. The van der Waals surface area contributed by atoms with Crippen LogP contribution in [0.5, 0.6) is 0 Å². The number of hydrazine groups is 1. The first-order valence-corrected chi connectivity index (χ1v) is 10.6. The lowest BCUT2D eigenvalue weighted by Gasteiger charge is -2.30. The van der Waals surface area contributed by atoms with Gasteiger partial charge in [0.2, 0.25) is 5.91 Å². The monoisotopic (exact) mass is 427 g/mol. The minimum Gasteiger partial charge on any atom is -0.330 e. The average Bonchev–Trinajstić information content (AvgIpc) is 3.22. The SMILES string of the molecule is CCCn1nc(C(=O)NNC(=O)C2CCCN2C(=O)C(C)(C)C)c2ccccc2c1=O. The molecule has 9 heteroatoms. The van der Waals surface area contributed by atoms with E-state index in [1.807, 2.05) is 27.7 Å². The largest absolute Gasteiger partial charge is 0.330 e. The van der Waals surface area contributed by atoms with E-state index in [1.54, 1.807) is 29.2 Å². The van der Waals surface area contributed by atoms with Crippen LogP contribution in [-0.4, -0.2) is 45.0 Å². The number of aromatic nitrogens is 2. The van der Waals surface area contributed by atoms with Crippen molar-refractivity contribution in [2.75, 3.05) is 6.54 Å². The van der Waals surface area contributed by atoms with Crippen LogP contribution in [0.3, 0.4) is 0 Å². The molecule has 0 radical (unpaired) electrons. The van der Waals surface area contributed by atoms with Crippen LogP contribution in [0.1, 0.15) is 57.4 Å². The Morgan fingerprint density at radius 2 is 1.81 bits per heavy atom. The molecule has 31 heavy (non-hydrogen) atoms. The minimum absolute atomic E-state index is 0.0537. The van der Waals surface area contributed by atoms with Gasteiger partial charge in [0, 0.05) is 23.9 Å². The molecule has 166 valence electrons. The van der Waals surface area contributed by atoms with Gasteiger partial charge in [0.1, 0.15) is 6.04 Å². The molecule has 1 aromatic heterocycles. The van der Waals surface area contributed by atoms with Gasteiger partial charge in [-0.1, -0.05) is 45.9 Å². The Labute approximate surface area is 180 Å². The molecule has 1 aromatic carbocycles. The average molecular weight is 428 g/mol. The second-order valence-electron chi connectivity index (χ2n) is 8.77. The molecule has 3 rings (SSSR count). The normalized spacial score (nSPS) is 16.4. The maximum Gasteiger partial charge on any atom is 0.290 e. The zero-order chi connectivity index (χ0) is 22.8. The minimum atomic E-state index is -0.634. The van der Waals surface area contributed by atoms with Gasteiger partial charge in [-0.3, -0.25) is 30.0 Å². The lowest BCUT2D eigenvalue weighted by atomic mass is 9.94. The number of fused-ring (bicyclic) bond motifs is 1. The highest BCUT2D eigenvalue weighted by Gasteiger charge is 2.38. The van der Waals surface area contributed by atoms with Gasteiger partial charge in [-0.15, -0.1) is 0 Å². The Hall–Kier alpha value is -3.23. The highest BCUT2D eigenvalue weighted by molar-refractivity contribution is 6.05. The van der Waals surface area contributed by atoms with Gasteiger partial charge in [-0.2, -0.15) is 5.10 Å². The summed E-state index contributed by atoms with van der Waals surface area (Å²) in [4.78, 5) is 52.3. The molecule has 1 unspecified atom stereocenters. The van der Waals surface area contributed by atoms with Crippen molar-refractivity contribution in [2.24, 2.45) is 5.41 Å². The number of amides is 3. The zero-order valence-corrected chi connectivity index (χ0v) is 18.4. The van der Waals surface area contributed by atoms with E-state index in [0.717, 1.165) is 6.42 Å². The molecule has 2 N–H and O–H groups in total. The summed E-state index contributed by atoms with van der Waals surface area (Å²) >= 11 is 0. The summed E-state index contributed by atoms with van der Waals surface area (Å²) in [6, 6.07) is 6.11. The van der Waals surface area contributed by atoms with Gasteiger partial charge < -0.3 is 4.90 Å². The number of nitrogens with one attached hydrogen (secondary N) is 2. The number of rotatable bonds is 4. The fourth-order valence-electron chi connectivity index (χ4n) is 3.74. The molecule has 1 saturated heterocycles. The topological polar surface area (TPSA) is 113 Å². The van der Waals surface area contributed by atoms with E-state index in [0.29, 0.717) is 36.7 Å². The molecule has 1 aliphatic heterocycles. The molecule has 1 aliphatic rings. The van der Waals surface area contributed by atoms with Gasteiger partial charge in [-0.25, -0.2) is 4.68 Å². The maximum absolute atomic E-state index is 12.8. The number of hydrogen-bond acceptors (Lipinski definition) is 5. The Balaban J connectivity index is 1.79. The van der Waals surface area contributed by atoms with Crippen molar-refractivity contribution < 1.29 is 14.4 Å². The quantitative estimate of drug-likeness (QED) is 0.720. The van der Waals surface area contributed by atoms with E-state index in [2.05, 4.69) is 16.0 Å². The van der Waals surface area contributed by atoms with Crippen molar-refractivity contribution in [3.05, 3.63) is 40.3 Å². The third-order valence-electron chi connectivity index (χ3n) is 5.28. The predicted molar refractivity (Wildman–Crippen MR) is 116 cm³/mol. The van der Waals surface area contributed by atoms with Crippen LogP contribution in [0.25, 0.3) is 10.8 Å². The molecule has 3 amide bonds. The van der Waals surface area contributed by atoms with Gasteiger partial charge in [0.05, 0.1) is 5.39 Å². The summed E-state index contributed by atoms with van der Waals surface area (Å²) in [5.41, 5.74) is 4.03. The van der Waals surface area contributed by atoms with Crippen molar-refractivity contribution in [3.8, 4) is 0 Å². The second kappa shape index (κ2) is 8.87. The van der Waals surface area contributed by atoms with Gasteiger partial charge in [-0.05, 0) is 25.3 Å². The summed E-state index contributed by atoms with van der Waals surface area (Å²) in [5.74, 6) is -1.17. The molecule has 0 spiro atoms. The van der Waals surface area contributed by atoms with Crippen LogP contribution in [0.15, 0.2) is 29.1 Å². The van der Waals surface area contributed by atoms with Crippen molar-refractivity contribution in [3.63, 3.8) is 0 Å². The molecular weight excluding hydrogens is 398 g/mol. The van der Waals surface area contributed by atoms with Crippen LogP contribution in [0.4, 0.5) is 0 Å². The van der Waals surface area contributed by atoms with Crippen LogP contribution >= 0.6 is 0 Å². The standard InChI is InChI=1S/C22H29N5O4/c1-5-12-27-20(30)15-10-7-6-9-14(15)17(25-27)19(29)24-23-18(28)16-11-8-13-26(16)21(31)22(2,3)4/h6-7,9-10,16H,5,8,11-13H2,1-4H3,(H,23,28)(H,24,29). The maximum atomic E-state index is 12.8. The van der Waals surface area contributed by atoms with E-state index in [1.165, 1.54) is 4.68 Å². The number of likely N-dealkylation sites (tertiary alicyclic amines) is 1. The van der Waals surface area contributed by atoms with E-state index in [9.17, 15) is 19.2 Å². The fourth-order valence-corrected chi connectivity index (χ4v) is 3.74. The van der Waals surface area contributed by atoms with Gasteiger partial charge in [0.15, 0.2) is 5.69 Å². The number of nitrogens with zero attached hydrogens (tertiary/aromatic N) is 3. The molecule has 2 aromatic rings. The van der Waals surface area contributed by atoms with Crippen molar-refractivity contribution in [1.29, 1.82) is 0 Å². The molecule has 1 fully saturated rings. The smallest absolute Gasteiger partial charge is 0.290 e. The molecule has 9 nitrogen and oxygen atoms in total. The Morgan fingerprint density at radius 1 is 1.13 bits per heavy atom. The summed E-state index contributed by atoms with van der Waals surface area (Å²) in [6.07, 6.45) is 1.94. The zero-order valence-electron chi connectivity index (χ0n) is 18.4. The molecular formula is C22H29N5O4. The number of hydrogen-bond donors (Lipinski definition) is 2. The van der Waals surface area contributed by atoms with Crippen LogP contribution in [-0.2, 0) is 16.1 Å². The molecule has 1 atom stereocenters. The third-order valence-corrected chi connectivity index (χ3v) is 5.28. The Kier molecular flexibility index (Phi) is 6.42. The first-order chi connectivity index (χ1) is 14.6. The highest BCUT2D eigenvalue weighted by Crippen LogP contribution is 2.25. The Bertz CT molecular complexity index is 1070. The van der Waals surface area contributed by atoms with Crippen molar-refractivity contribution in [2.45, 2.75) is 59.5 Å². The Morgan fingerprint density at radius 3 is 2.45 bits per heavy atom. The summed E-state index contributed by atoms with van der Waals surface area (Å²) in [6.45, 7) is 8.24. The number of aryl methyl sites for hydroxylation is 1. The van der Waals surface area contributed by atoms with E-state index >= 15 is 0 Å². The number of carbonyl (C=O) groups is 3. The number of carbonyl (C=O) groups excluding carboxylic acids is 3. The summed E-state index contributed by atoms with van der Waals surface area (Å²) < 4.78 is 1.26. The first kappa shape index (κ1) is 22.5. The third kappa shape index (κ3) is 4.60. The van der Waals surface area contributed by atoms with Crippen LogP contribution in [0, 0.1) is 5.41 Å². The van der Waals surface area contributed by atoms with Gasteiger partial charge in [0.25, 0.3) is 17.4 Å². The van der Waals surface area contributed by atoms with Crippen molar-refractivity contribution in [1.82, 2.24) is 25.5 Å². The molecule has 0 bridgehead atoms. The van der Waals surface area contributed by atoms with E-state index in [4.69, 9.17) is 0 Å². The lowest BCUT2D eigenvalue weighted by molar-refractivity contribution is -0.144. The molecule has 0 saturated carbocycles. The second-order valence-corrected chi connectivity index (χ2v) is 8.77. The predicted octanol–water partition coefficient (Wildman–Crippen LogP) is 1.60. The van der Waals surface area contributed by atoms with Gasteiger partial charge >= 0.3 is 0 Å².